The van der Waals surface area contributed by atoms with Crippen molar-refractivity contribution in [3.8, 4) is 0 Å². The van der Waals surface area contributed by atoms with Crippen LogP contribution in [0.5, 0.6) is 0 Å². The quantitative estimate of drug-likeness (QED) is 0.282. The van der Waals surface area contributed by atoms with E-state index in [0.29, 0.717) is 54.1 Å². The molecular weight excluding hydrogens is 592 g/mol. The second-order valence-corrected chi connectivity index (χ2v) is 13.4. The van der Waals surface area contributed by atoms with Crippen LogP contribution in [0.3, 0.4) is 0 Å². The second kappa shape index (κ2) is 12.8. The van der Waals surface area contributed by atoms with Crippen molar-refractivity contribution in [3.05, 3.63) is 46.0 Å². The van der Waals surface area contributed by atoms with E-state index < -0.39 is 16.0 Å². The first kappa shape index (κ1) is 30.6. The van der Waals surface area contributed by atoms with Gasteiger partial charge < -0.3 is 20.3 Å². The summed E-state index contributed by atoms with van der Waals surface area (Å²) in [6.07, 6.45) is 2.99. The lowest BCUT2D eigenvalue weighted by Crippen LogP contribution is -2.40. The molecule has 3 aromatic rings. The number of anilines is 4. The molecule has 13 nitrogen and oxygen atoms in total. The molecule has 2 aromatic heterocycles. The number of aromatic nitrogens is 3. The minimum absolute atomic E-state index is 0.155. The van der Waals surface area contributed by atoms with Crippen molar-refractivity contribution in [2.45, 2.75) is 51.0 Å². The van der Waals surface area contributed by atoms with Gasteiger partial charge in [-0.25, -0.2) is 22.9 Å². The number of sulfonamides is 1. The maximum absolute atomic E-state index is 12.4. The number of thiazole rings is 1. The number of nitrogens with zero attached hydrogens (tertiary/aromatic N) is 5. The molecule has 43 heavy (non-hydrogen) atoms. The Bertz CT molecular complexity index is 1600. The highest BCUT2D eigenvalue weighted by Gasteiger charge is 2.30. The van der Waals surface area contributed by atoms with Crippen molar-refractivity contribution in [1.82, 2.24) is 19.7 Å². The summed E-state index contributed by atoms with van der Waals surface area (Å²) in [6.45, 7) is 6.34. The predicted molar refractivity (Wildman–Crippen MR) is 164 cm³/mol. The van der Waals surface area contributed by atoms with E-state index in [1.54, 1.807) is 26.0 Å². The van der Waals surface area contributed by atoms with E-state index in [1.807, 2.05) is 12.1 Å². The van der Waals surface area contributed by atoms with Crippen LogP contribution < -0.4 is 25.6 Å². The van der Waals surface area contributed by atoms with Crippen molar-refractivity contribution >= 4 is 56.0 Å². The molecule has 4 heterocycles. The molecule has 15 heteroatoms. The monoisotopic (exact) mass is 628 g/mol. The first-order valence-corrected chi connectivity index (χ1v) is 16.5. The van der Waals surface area contributed by atoms with Crippen molar-refractivity contribution in [1.29, 1.82) is 0 Å². The number of aryl methyl sites for hydroxylation is 1. The fourth-order valence-electron chi connectivity index (χ4n) is 5.39. The number of nitrogens with two attached hydrogens (primary N) is 1. The summed E-state index contributed by atoms with van der Waals surface area (Å²) in [5.74, 6) is 1.07. The van der Waals surface area contributed by atoms with Gasteiger partial charge >= 0.3 is 5.97 Å². The summed E-state index contributed by atoms with van der Waals surface area (Å²) in [5.41, 5.74) is 8.10. The molecule has 1 amide bonds. The van der Waals surface area contributed by atoms with Gasteiger partial charge in [0.25, 0.3) is 0 Å². The molecule has 1 fully saturated rings. The van der Waals surface area contributed by atoms with Gasteiger partial charge in [-0.3, -0.25) is 10.1 Å². The Morgan fingerprint density at radius 2 is 1.79 bits per heavy atom. The summed E-state index contributed by atoms with van der Waals surface area (Å²) < 4.78 is 31.9. The molecule has 2 aliphatic rings. The van der Waals surface area contributed by atoms with E-state index >= 15 is 0 Å². The van der Waals surface area contributed by atoms with Gasteiger partial charge in [-0.1, -0.05) is 23.5 Å². The Balaban J connectivity index is 1.48. The third-order valence-corrected chi connectivity index (χ3v) is 10.1. The van der Waals surface area contributed by atoms with Gasteiger partial charge in [0.05, 0.1) is 17.2 Å². The zero-order valence-corrected chi connectivity index (χ0v) is 26.1. The smallest absolute Gasteiger partial charge is 0.350 e. The van der Waals surface area contributed by atoms with E-state index in [1.165, 1.54) is 18.4 Å². The standard InChI is InChI=1S/C28H36N8O5S2/c1-4-41-26(38)22-17(2)31-28(42-22)34-27-32-24(35-14-11-19(12-15-35)23(29)37)21-6-5-13-36(25(21)33-27)16-18-7-9-20(10-8-18)43(39,40)30-3/h7-10,19,30H,4-6,11-16H2,1-3H3,(H2,29,37)(H,31,32,33,34). The molecule has 0 unspecified atom stereocenters. The van der Waals surface area contributed by atoms with Crippen LogP contribution in [0.25, 0.3) is 0 Å². The first-order valence-electron chi connectivity index (χ1n) is 14.2. The van der Waals surface area contributed by atoms with Crippen LogP contribution in [0.4, 0.5) is 22.7 Å². The Kier molecular flexibility index (Phi) is 9.13. The first-order chi connectivity index (χ1) is 20.6. The summed E-state index contributed by atoms with van der Waals surface area (Å²) in [7, 11) is -2.14. The Hall–Kier alpha value is -3.82. The molecule has 4 N–H and O–H groups in total. The number of amides is 1. The molecule has 0 saturated carbocycles. The number of carbonyl (C=O) groups excluding carboxylic acids is 2. The van der Waals surface area contributed by atoms with Crippen LogP contribution in [0.2, 0.25) is 0 Å². The van der Waals surface area contributed by atoms with Crippen LogP contribution >= 0.6 is 11.3 Å². The van der Waals surface area contributed by atoms with E-state index in [9.17, 15) is 18.0 Å². The van der Waals surface area contributed by atoms with E-state index in [0.717, 1.165) is 42.1 Å². The Morgan fingerprint density at radius 3 is 2.44 bits per heavy atom. The summed E-state index contributed by atoms with van der Waals surface area (Å²) >= 11 is 1.18. The average Bonchev–Trinajstić information content (AvgIpc) is 3.37. The highest BCUT2D eigenvalue weighted by molar-refractivity contribution is 7.89. The average molecular weight is 629 g/mol. The molecule has 0 bridgehead atoms. The zero-order chi connectivity index (χ0) is 30.7. The molecule has 0 aliphatic carbocycles. The van der Waals surface area contributed by atoms with Crippen molar-refractivity contribution < 1.29 is 22.7 Å². The number of rotatable bonds is 10. The molecule has 2 aliphatic heterocycles. The largest absolute Gasteiger partial charge is 0.462 e. The van der Waals surface area contributed by atoms with E-state index in [-0.39, 0.29) is 23.3 Å². The Morgan fingerprint density at radius 1 is 1.09 bits per heavy atom. The van der Waals surface area contributed by atoms with Crippen LogP contribution in [-0.4, -0.2) is 68.5 Å². The third-order valence-electron chi connectivity index (χ3n) is 7.67. The fraction of sp³-hybridized carbons (Fsp3) is 0.464. The SMILES string of the molecule is CCOC(=O)c1sc(Nc2nc(N3CCC(C(N)=O)CC3)c3c(n2)N(Cc2ccc(S(=O)(=O)NC)cc2)CCC3)nc1C. The van der Waals surface area contributed by atoms with Crippen LogP contribution in [0.15, 0.2) is 29.2 Å². The number of nitrogens with one attached hydrogen (secondary N) is 2. The number of fused-ring (bicyclic) bond motifs is 1. The highest BCUT2D eigenvalue weighted by atomic mass is 32.2. The normalized spacial score (nSPS) is 15.7. The van der Waals surface area contributed by atoms with Crippen molar-refractivity contribution in [2.75, 3.05) is 48.4 Å². The van der Waals surface area contributed by atoms with Gasteiger partial charge in [-0.15, -0.1) is 0 Å². The van der Waals surface area contributed by atoms with Crippen LogP contribution in [0, 0.1) is 12.8 Å². The zero-order valence-electron chi connectivity index (χ0n) is 24.4. The van der Waals surface area contributed by atoms with Gasteiger partial charge in [-0.2, -0.15) is 9.97 Å². The summed E-state index contributed by atoms with van der Waals surface area (Å²) in [4.78, 5) is 43.5. The minimum atomic E-state index is -3.53. The van der Waals surface area contributed by atoms with E-state index in [2.05, 4.69) is 24.8 Å². The van der Waals surface area contributed by atoms with Crippen molar-refractivity contribution in [3.63, 3.8) is 0 Å². The predicted octanol–water partition coefficient (Wildman–Crippen LogP) is 2.72. The lowest BCUT2D eigenvalue weighted by atomic mass is 9.95. The van der Waals surface area contributed by atoms with Gasteiger partial charge in [0.1, 0.15) is 16.5 Å². The maximum atomic E-state index is 12.4. The number of carbonyl (C=O) groups is 2. The molecule has 1 aromatic carbocycles. The molecule has 5 rings (SSSR count). The highest BCUT2D eigenvalue weighted by Crippen LogP contribution is 2.37. The number of benzene rings is 1. The number of hydrogen-bond acceptors (Lipinski definition) is 12. The molecule has 230 valence electrons. The van der Waals surface area contributed by atoms with Crippen LogP contribution in [0.1, 0.15) is 52.7 Å². The van der Waals surface area contributed by atoms with Crippen LogP contribution in [-0.2, 0) is 32.5 Å². The summed E-state index contributed by atoms with van der Waals surface area (Å²) in [6, 6.07) is 6.81. The number of esters is 1. The third kappa shape index (κ3) is 6.73. The molecule has 0 spiro atoms. The molecule has 1 saturated heterocycles. The topological polar surface area (TPSA) is 173 Å². The van der Waals surface area contributed by atoms with Gasteiger partial charge in [0.15, 0.2) is 5.13 Å². The lowest BCUT2D eigenvalue weighted by Gasteiger charge is -2.36. The molecular formula is C28H36N8O5S2. The molecule has 0 atom stereocenters. The van der Waals surface area contributed by atoms with Gasteiger partial charge in [-0.05, 0) is 64.3 Å². The fourth-order valence-corrected chi connectivity index (χ4v) is 6.97. The summed E-state index contributed by atoms with van der Waals surface area (Å²) in [5, 5.41) is 3.68. The maximum Gasteiger partial charge on any atom is 0.350 e. The number of primary amides is 1. The minimum Gasteiger partial charge on any atom is -0.462 e. The van der Waals surface area contributed by atoms with Crippen molar-refractivity contribution in [2.24, 2.45) is 11.7 Å². The van der Waals surface area contributed by atoms with E-state index in [4.69, 9.17) is 20.4 Å². The van der Waals surface area contributed by atoms with Gasteiger partial charge in [0, 0.05) is 37.7 Å². The second-order valence-electron chi connectivity index (χ2n) is 10.5. The number of piperidine rings is 1. The van der Waals surface area contributed by atoms with Gasteiger partial charge in [0.2, 0.25) is 21.9 Å². The number of ether oxygens (including phenoxy) is 1. The lowest BCUT2D eigenvalue weighted by molar-refractivity contribution is -0.122. The molecule has 0 radical (unpaired) electrons. The number of hydrogen-bond donors (Lipinski definition) is 3. The Labute approximate surface area is 254 Å².